The van der Waals surface area contributed by atoms with Crippen molar-refractivity contribution in [2.24, 2.45) is 0 Å². The lowest BCUT2D eigenvalue weighted by Gasteiger charge is -2.26. The van der Waals surface area contributed by atoms with E-state index in [-0.39, 0.29) is 6.10 Å². The molecule has 1 heterocycles. The van der Waals surface area contributed by atoms with Crippen molar-refractivity contribution >= 4 is 12.6 Å². The van der Waals surface area contributed by atoms with E-state index in [0.29, 0.717) is 13.2 Å². The van der Waals surface area contributed by atoms with Gasteiger partial charge < -0.3 is 14.4 Å². The van der Waals surface area contributed by atoms with Crippen molar-refractivity contribution in [3.8, 4) is 5.75 Å². The van der Waals surface area contributed by atoms with Crippen LogP contribution in [0.1, 0.15) is 36.1 Å². The number of hydrogen-bond donors (Lipinski definition) is 1. The summed E-state index contributed by atoms with van der Waals surface area (Å²) >= 11 is 0. The van der Waals surface area contributed by atoms with E-state index >= 15 is 0 Å². The summed E-state index contributed by atoms with van der Waals surface area (Å²) < 4.78 is 11.9. The topological polar surface area (TPSA) is 41.9 Å². The van der Waals surface area contributed by atoms with E-state index in [4.69, 9.17) is 9.39 Å². The number of benzene rings is 3. The van der Waals surface area contributed by atoms with Gasteiger partial charge in [-0.2, -0.15) is 0 Å². The van der Waals surface area contributed by atoms with Crippen molar-refractivity contribution in [1.29, 1.82) is 0 Å². The maximum atomic E-state index is 10.6. The predicted molar refractivity (Wildman–Crippen MR) is 121 cm³/mol. The summed E-state index contributed by atoms with van der Waals surface area (Å²) in [7, 11) is -0.951. The van der Waals surface area contributed by atoms with Crippen molar-refractivity contribution < 1.29 is 14.4 Å². The largest absolute Gasteiger partial charge is 0.495 e. The van der Waals surface area contributed by atoms with Gasteiger partial charge in [0, 0.05) is 25.1 Å². The first-order chi connectivity index (χ1) is 14.7. The third-order valence-corrected chi connectivity index (χ3v) is 5.37. The molecule has 4 rings (SSSR count). The van der Waals surface area contributed by atoms with E-state index in [1.54, 1.807) is 0 Å². The molecule has 0 saturated carbocycles. The minimum atomic E-state index is -0.951. The standard InChI is InChI=1S/C25H28BNO3/c1-2-16-29-23-15-9-14-22-24(30-26(28)25(22)23)19-27(17-20-10-5-3-6-11-20)18-21-12-7-4-8-13-21/h3-15,24,28H,2,16-19H2,1H3/t24-/m1/s1. The van der Waals surface area contributed by atoms with E-state index in [1.807, 2.05) is 30.3 Å². The molecule has 154 valence electrons. The molecule has 5 heteroatoms. The van der Waals surface area contributed by atoms with E-state index in [1.165, 1.54) is 11.1 Å². The number of hydrogen-bond acceptors (Lipinski definition) is 4. The Morgan fingerprint density at radius 3 is 2.13 bits per heavy atom. The van der Waals surface area contributed by atoms with Crippen LogP contribution in [0.15, 0.2) is 78.9 Å². The fourth-order valence-corrected chi connectivity index (χ4v) is 3.98. The van der Waals surface area contributed by atoms with Gasteiger partial charge in [0.15, 0.2) is 0 Å². The Kier molecular flexibility index (Phi) is 6.85. The zero-order valence-electron chi connectivity index (χ0n) is 17.4. The maximum absolute atomic E-state index is 10.6. The quantitative estimate of drug-likeness (QED) is 0.552. The van der Waals surface area contributed by atoms with Crippen molar-refractivity contribution in [2.75, 3.05) is 13.2 Å². The summed E-state index contributed by atoms with van der Waals surface area (Å²) in [4.78, 5) is 2.37. The van der Waals surface area contributed by atoms with Gasteiger partial charge in [0.25, 0.3) is 0 Å². The van der Waals surface area contributed by atoms with Crippen molar-refractivity contribution in [1.82, 2.24) is 4.90 Å². The molecule has 1 aliphatic heterocycles. The molecule has 0 bridgehead atoms. The van der Waals surface area contributed by atoms with E-state index in [0.717, 1.165) is 36.3 Å². The lowest BCUT2D eigenvalue weighted by molar-refractivity contribution is 0.118. The molecular weight excluding hydrogens is 373 g/mol. The zero-order chi connectivity index (χ0) is 20.8. The van der Waals surface area contributed by atoms with Crippen molar-refractivity contribution in [3.63, 3.8) is 0 Å². The highest BCUT2D eigenvalue weighted by atomic mass is 16.5. The van der Waals surface area contributed by atoms with Crippen LogP contribution in [0, 0.1) is 0 Å². The Morgan fingerprint density at radius 1 is 0.900 bits per heavy atom. The minimum absolute atomic E-state index is 0.201. The molecule has 0 spiro atoms. The first kappa shape index (κ1) is 20.7. The van der Waals surface area contributed by atoms with Crippen LogP contribution in [-0.2, 0) is 17.7 Å². The lowest BCUT2D eigenvalue weighted by atomic mass is 9.78. The smallest absolute Gasteiger partial charge is 0.494 e. The number of nitrogens with zero attached hydrogens (tertiary/aromatic N) is 1. The van der Waals surface area contributed by atoms with Crippen molar-refractivity contribution in [2.45, 2.75) is 32.5 Å². The Balaban J connectivity index is 1.56. The first-order valence-electron chi connectivity index (χ1n) is 10.6. The third kappa shape index (κ3) is 4.93. The van der Waals surface area contributed by atoms with Crippen LogP contribution < -0.4 is 10.2 Å². The van der Waals surface area contributed by atoms with Gasteiger partial charge in [-0.05, 0) is 29.2 Å². The normalized spacial score (nSPS) is 15.4. The second-order valence-corrected chi connectivity index (χ2v) is 7.73. The summed E-state index contributed by atoms with van der Waals surface area (Å²) in [6.07, 6.45) is 0.721. The Labute approximate surface area is 179 Å². The SMILES string of the molecule is CCCOc1cccc2c1B(O)O[C@@H]2CN(Cc1ccccc1)Cc1ccccc1. The van der Waals surface area contributed by atoms with E-state index < -0.39 is 7.12 Å². The second kappa shape index (κ2) is 9.94. The van der Waals surface area contributed by atoms with Crippen LogP contribution >= 0.6 is 0 Å². The molecule has 0 amide bonds. The number of ether oxygens (including phenoxy) is 1. The van der Waals surface area contributed by atoms with Gasteiger partial charge in [0.2, 0.25) is 0 Å². The van der Waals surface area contributed by atoms with Crippen LogP contribution in [0.2, 0.25) is 0 Å². The van der Waals surface area contributed by atoms with Crippen LogP contribution in [0.25, 0.3) is 0 Å². The average molecular weight is 401 g/mol. The molecule has 0 aliphatic carbocycles. The molecule has 0 fully saturated rings. The lowest BCUT2D eigenvalue weighted by Crippen LogP contribution is -2.30. The van der Waals surface area contributed by atoms with Gasteiger partial charge >= 0.3 is 7.12 Å². The maximum Gasteiger partial charge on any atom is 0.495 e. The fourth-order valence-electron chi connectivity index (χ4n) is 3.98. The molecule has 3 aromatic carbocycles. The summed E-state index contributed by atoms with van der Waals surface area (Å²) in [5, 5.41) is 10.6. The fraction of sp³-hybridized carbons (Fsp3) is 0.280. The van der Waals surface area contributed by atoms with Crippen LogP contribution in [0.3, 0.4) is 0 Å². The predicted octanol–water partition coefficient (Wildman–Crippen LogP) is 3.94. The molecule has 0 unspecified atom stereocenters. The zero-order valence-corrected chi connectivity index (χ0v) is 17.4. The summed E-state index contributed by atoms with van der Waals surface area (Å²) in [6.45, 7) is 5.01. The molecule has 1 N–H and O–H groups in total. The molecule has 0 saturated heterocycles. The monoisotopic (exact) mass is 401 g/mol. The van der Waals surface area contributed by atoms with E-state index in [2.05, 4.69) is 60.4 Å². The molecule has 30 heavy (non-hydrogen) atoms. The molecular formula is C25H28BNO3. The molecule has 0 aromatic heterocycles. The average Bonchev–Trinajstić information content (AvgIpc) is 3.09. The highest BCUT2D eigenvalue weighted by Crippen LogP contribution is 2.29. The second-order valence-electron chi connectivity index (χ2n) is 7.73. The molecule has 3 aromatic rings. The van der Waals surface area contributed by atoms with Gasteiger partial charge in [0.1, 0.15) is 5.75 Å². The van der Waals surface area contributed by atoms with Gasteiger partial charge in [-0.3, -0.25) is 4.90 Å². The molecule has 0 radical (unpaired) electrons. The summed E-state index contributed by atoms with van der Waals surface area (Å²) in [5.41, 5.74) is 4.30. The molecule has 1 atom stereocenters. The molecule has 1 aliphatic rings. The van der Waals surface area contributed by atoms with Crippen LogP contribution in [0.5, 0.6) is 5.75 Å². The van der Waals surface area contributed by atoms with Gasteiger partial charge in [-0.25, -0.2) is 0 Å². The highest BCUT2D eigenvalue weighted by molar-refractivity contribution is 6.62. The van der Waals surface area contributed by atoms with Crippen molar-refractivity contribution in [3.05, 3.63) is 95.6 Å². The Hall–Kier alpha value is -2.60. The summed E-state index contributed by atoms with van der Waals surface area (Å²) in [6, 6.07) is 26.9. The van der Waals surface area contributed by atoms with Crippen LogP contribution in [-0.4, -0.2) is 30.2 Å². The third-order valence-electron chi connectivity index (χ3n) is 5.37. The number of rotatable bonds is 9. The highest BCUT2D eigenvalue weighted by Gasteiger charge is 2.38. The van der Waals surface area contributed by atoms with Gasteiger partial charge in [-0.1, -0.05) is 79.7 Å². The van der Waals surface area contributed by atoms with Crippen LogP contribution in [0.4, 0.5) is 0 Å². The minimum Gasteiger partial charge on any atom is -0.494 e. The first-order valence-corrected chi connectivity index (χ1v) is 10.6. The number of fused-ring (bicyclic) bond motifs is 1. The van der Waals surface area contributed by atoms with Gasteiger partial charge in [-0.15, -0.1) is 0 Å². The Morgan fingerprint density at radius 2 is 1.53 bits per heavy atom. The van der Waals surface area contributed by atoms with E-state index in [9.17, 15) is 5.02 Å². The Bertz CT molecular complexity index is 894. The van der Waals surface area contributed by atoms with Gasteiger partial charge in [0.05, 0.1) is 12.7 Å². The summed E-state index contributed by atoms with van der Waals surface area (Å²) in [5.74, 6) is 0.724. The molecule has 4 nitrogen and oxygen atoms in total.